The van der Waals surface area contributed by atoms with E-state index >= 15 is 0 Å². The second-order valence-corrected chi connectivity index (χ2v) is 4.48. The first-order valence-electron chi connectivity index (χ1n) is 6.53. The zero-order chi connectivity index (χ0) is 13.8. The Morgan fingerprint density at radius 2 is 1.74 bits per heavy atom. The van der Waals surface area contributed by atoms with Gasteiger partial charge in [-0.05, 0) is 31.9 Å². The first-order valence-corrected chi connectivity index (χ1v) is 6.53. The van der Waals surface area contributed by atoms with Gasteiger partial charge in [0.2, 0.25) is 0 Å². The van der Waals surface area contributed by atoms with Crippen LogP contribution in [0.15, 0.2) is 24.3 Å². The van der Waals surface area contributed by atoms with E-state index < -0.39 is 0 Å². The minimum atomic E-state index is 0.756. The number of hydrogen-bond acceptors (Lipinski definition) is 4. The van der Waals surface area contributed by atoms with Crippen molar-refractivity contribution in [2.45, 2.75) is 27.2 Å². The molecule has 4 heteroatoms. The van der Waals surface area contributed by atoms with Crippen molar-refractivity contribution >= 4 is 17.3 Å². The number of para-hydroxylation sites is 1. The van der Waals surface area contributed by atoms with Crippen LogP contribution in [0.3, 0.4) is 0 Å². The molecule has 0 aliphatic carbocycles. The molecule has 4 nitrogen and oxygen atoms in total. The summed E-state index contributed by atoms with van der Waals surface area (Å²) in [6.45, 7) is 6.07. The zero-order valence-electron chi connectivity index (χ0n) is 11.9. The second kappa shape index (κ2) is 5.69. The lowest BCUT2D eigenvalue weighted by Crippen LogP contribution is -2.06. The normalized spacial score (nSPS) is 10.3. The standard InChI is InChI=1S/C15H20N4/c1-5-12-8-6-7-9-13(12)19-15-10(2)14(16-4)17-11(3)18-15/h6-9H,5H2,1-4H3,(H2,16,17,18,19). The van der Waals surface area contributed by atoms with Crippen LogP contribution in [0.1, 0.15) is 23.9 Å². The van der Waals surface area contributed by atoms with Crippen LogP contribution in [-0.4, -0.2) is 17.0 Å². The van der Waals surface area contributed by atoms with Crippen LogP contribution in [0.5, 0.6) is 0 Å². The molecule has 0 saturated carbocycles. The van der Waals surface area contributed by atoms with Gasteiger partial charge in [0.25, 0.3) is 0 Å². The summed E-state index contributed by atoms with van der Waals surface area (Å²) in [6, 6.07) is 8.30. The zero-order valence-corrected chi connectivity index (χ0v) is 11.9. The molecule has 0 atom stereocenters. The number of benzene rings is 1. The summed E-state index contributed by atoms with van der Waals surface area (Å²) in [4.78, 5) is 8.86. The average molecular weight is 256 g/mol. The molecule has 0 amide bonds. The highest BCUT2D eigenvalue weighted by molar-refractivity contribution is 5.66. The minimum absolute atomic E-state index is 0.756. The SMILES string of the molecule is CCc1ccccc1Nc1nc(C)nc(NC)c1C. The highest BCUT2D eigenvalue weighted by Gasteiger charge is 2.09. The molecule has 1 aromatic heterocycles. The summed E-state index contributed by atoms with van der Waals surface area (Å²) in [5.41, 5.74) is 3.41. The lowest BCUT2D eigenvalue weighted by Gasteiger charge is -2.14. The van der Waals surface area contributed by atoms with E-state index in [9.17, 15) is 0 Å². The van der Waals surface area contributed by atoms with Crippen molar-refractivity contribution in [3.8, 4) is 0 Å². The molecule has 0 spiro atoms. The molecular formula is C15H20N4. The fraction of sp³-hybridized carbons (Fsp3) is 0.333. The van der Waals surface area contributed by atoms with Gasteiger partial charge in [-0.25, -0.2) is 9.97 Å². The van der Waals surface area contributed by atoms with Crippen LogP contribution in [0, 0.1) is 13.8 Å². The Morgan fingerprint density at radius 1 is 1.05 bits per heavy atom. The van der Waals surface area contributed by atoms with Crippen molar-refractivity contribution in [3.63, 3.8) is 0 Å². The highest BCUT2D eigenvalue weighted by atomic mass is 15.1. The first kappa shape index (κ1) is 13.3. The average Bonchev–Trinajstić information content (AvgIpc) is 2.43. The van der Waals surface area contributed by atoms with Crippen LogP contribution in [0.4, 0.5) is 17.3 Å². The Kier molecular flexibility index (Phi) is 4.00. The summed E-state index contributed by atoms with van der Waals surface area (Å²) >= 11 is 0. The number of nitrogens with one attached hydrogen (secondary N) is 2. The number of anilines is 3. The summed E-state index contributed by atoms with van der Waals surface area (Å²) < 4.78 is 0. The predicted octanol–water partition coefficient (Wildman–Crippen LogP) is 3.44. The quantitative estimate of drug-likeness (QED) is 0.879. The molecule has 1 aromatic carbocycles. The molecule has 19 heavy (non-hydrogen) atoms. The van der Waals surface area contributed by atoms with Gasteiger partial charge in [-0.1, -0.05) is 25.1 Å². The van der Waals surface area contributed by atoms with E-state index in [2.05, 4.69) is 45.7 Å². The summed E-state index contributed by atoms with van der Waals surface area (Å²) in [5.74, 6) is 2.48. The first-order chi connectivity index (χ1) is 9.15. The molecule has 100 valence electrons. The molecule has 0 radical (unpaired) electrons. The van der Waals surface area contributed by atoms with Gasteiger partial charge in [0.05, 0.1) is 0 Å². The van der Waals surface area contributed by atoms with Crippen molar-refractivity contribution in [2.75, 3.05) is 17.7 Å². The monoisotopic (exact) mass is 256 g/mol. The molecule has 0 aliphatic heterocycles. The second-order valence-electron chi connectivity index (χ2n) is 4.48. The van der Waals surface area contributed by atoms with E-state index in [-0.39, 0.29) is 0 Å². The van der Waals surface area contributed by atoms with Gasteiger partial charge >= 0.3 is 0 Å². The van der Waals surface area contributed by atoms with Gasteiger partial charge in [-0.15, -0.1) is 0 Å². The summed E-state index contributed by atoms with van der Waals surface area (Å²) in [6.07, 6.45) is 0.991. The summed E-state index contributed by atoms with van der Waals surface area (Å²) in [5, 5.41) is 6.52. The minimum Gasteiger partial charge on any atom is -0.373 e. The molecule has 0 bridgehead atoms. The molecular weight excluding hydrogens is 236 g/mol. The van der Waals surface area contributed by atoms with E-state index in [1.807, 2.05) is 27.0 Å². The van der Waals surface area contributed by atoms with E-state index in [4.69, 9.17) is 0 Å². The molecule has 0 fully saturated rings. The maximum absolute atomic E-state index is 4.49. The number of hydrogen-bond donors (Lipinski definition) is 2. The molecule has 2 aromatic rings. The van der Waals surface area contributed by atoms with Crippen molar-refractivity contribution < 1.29 is 0 Å². The van der Waals surface area contributed by atoms with E-state index in [1.54, 1.807) is 0 Å². The Balaban J connectivity index is 2.40. The third kappa shape index (κ3) is 2.84. The molecule has 0 unspecified atom stereocenters. The molecule has 0 aliphatic rings. The van der Waals surface area contributed by atoms with Gasteiger partial charge < -0.3 is 10.6 Å². The van der Waals surface area contributed by atoms with Crippen molar-refractivity contribution in [2.24, 2.45) is 0 Å². The smallest absolute Gasteiger partial charge is 0.139 e. The van der Waals surface area contributed by atoms with Gasteiger partial charge in [0.1, 0.15) is 17.5 Å². The van der Waals surface area contributed by atoms with Crippen molar-refractivity contribution in [1.29, 1.82) is 0 Å². The van der Waals surface area contributed by atoms with Gasteiger partial charge in [-0.2, -0.15) is 0 Å². The fourth-order valence-electron chi connectivity index (χ4n) is 2.07. The maximum Gasteiger partial charge on any atom is 0.139 e. The largest absolute Gasteiger partial charge is 0.373 e. The number of nitrogens with zero attached hydrogens (tertiary/aromatic N) is 2. The number of aromatic nitrogens is 2. The topological polar surface area (TPSA) is 49.8 Å². The van der Waals surface area contributed by atoms with Gasteiger partial charge in [-0.3, -0.25) is 0 Å². The molecule has 2 rings (SSSR count). The lowest BCUT2D eigenvalue weighted by atomic mass is 10.1. The van der Waals surface area contributed by atoms with Crippen molar-refractivity contribution in [1.82, 2.24) is 9.97 Å². The Labute approximate surface area is 114 Å². The van der Waals surface area contributed by atoms with Crippen LogP contribution >= 0.6 is 0 Å². The Bertz CT molecular complexity index is 578. The van der Waals surface area contributed by atoms with E-state index in [1.165, 1.54) is 5.56 Å². The van der Waals surface area contributed by atoms with Gasteiger partial charge in [0, 0.05) is 18.3 Å². The maximum atomic E-state index is 4.49. The predicted molar refractivity (Wildman–Crippen MR) is 80.2 cm³/mol. The lowest BCUT2D eigenvalue weighted by molar-refractivity contribution is 1.03. The van der Waals surface area contributed by atoms with Crippen LogP contribution in [0.25, 0.3) is 0 Å². The van der Waals surface area contributed by atoms with Crippen LogP contribution in [-0.2, 0) is 6.42 Å². The van der Waals surface area contributed by atoms with Crippen LogP contribution < -0.4 is 10.6 Å². The molecule has 1 heterocycles. The highest BCUT2D eigenvalue weighted by Crippen LogP contribution is 2.25. The number of rotatable bonds is 4. The van der Waals surface area contributed by atoms with Gasteiger partial charge in [0.15, 0.2) is 0 Å². The third-order valence-corrected chi connectivity index (χ3v) is 3.15. The Morgan fingerprint density at radius 3 is 2.42 bits per heavy atom. The summed E-state index contributed by atoms with van der Waals surface area (Å²) in [7, 11) is 1.87. The van der Waals surface area contributed by atoms with Crippen molar-refractivity contribution in [3.05, 3.63) is 41.2 Å². The van der Waals surface area contributed by atoms with Crippen LogP contribution in [0.2, 0.25) is 0 Å². The Hall–Kier alpha value is -2.10. The number of aryl methyl sites for hydroxylation is 2. The fourth-order valence-corrected chi connectivity index (χ4v) is 2.07. The molecule has 0 saturated heterocycles. The molecule has 2 N–H and O–H groups in total. The third-order valence-electron chi connectivity index (χ3n) is 3.15. The van der Waals surface area contributed by atoms with E-state index in [0.29, 0.717) is 0 Å². The van der Waals surface area contributed by atoms with E-state index in [0.717, 1.165) is 35.1 Å².